The third-order valence-electron chi connectivity index (χ3n) is 4.06. The second-order valence-electron chi connectivity index (χ2n) is 6.96. The molecule has 1 aromatic carbocycles. The first kappa shape index (κ1) is 14.4. The third kappa shape index (κ3) is 3.05. The monoisotopic (exact) mass is 287 g/mol. The van der Waals surface area contributed by atoms with Gasteiger partial charge >= 0.3 is 0 Å². The lowest BCUT2D eigenvalue weighted by Crippen LogP contribution is -2.40. The molecule has 1 saturated carbocycles. The molecule has 1 heterocycles. The molecule has 1 aliphatic rings. The first-order chi connectivity index (χ1) is 9.95. The number of hydrogen-bond acceptors (Lipinski definition) is 3. The molecule has 1 aliphatic carbocycles. The fraction of sp³-hybridized carbons (Fsp3) is 0.588. The van der Waals surface area contributed by atoms with Crippen LogP contribution in [0.25, 0.3) is 11.0 Å². The maximum Gasteiger partial charge on any atom is 0.112 e. The Bertz CT molecular complexity index is 620. The van der Waals surface area contributed by atoms with Crippen LogP contribution in [-0.4, -0.2) is 28.7 Å². The SMILES string of the molecule is CCOC1CC(Nc2ccc3nc(C(C)(C)C)[nH]c3c2)C1. The van der Waals surface area contributed by atoms with Gasteiger partial charge in [-0.05, 0) is 38.0 Å². The number of ether oxygens (including phenoxy) is 1. The van der Waals surface area contributed by atoms with Crippen LogP contribution in [-0.2, 0) is 10.2 Å². The number of hydrogen-bond donors (Lipinski definition) is 2. The zero-order valence-electron chi connectivity index (χ0n) is 13.4. The predicted octanol–water partition coefficient (Wildman–Crippen LogP) is 3.84. The third-order valence-corrected chi connectivity index (χ3v) is 4.06. The van der Waals surface area contributed by atoms with Crippen LogP contribution in [0, 0.1) is 0 Å². The molecule has 0 radical (unpaired) electrons. The van der Waals surface area contributed by atoms with Gasteiger partial charge in [-0.3, -0.25) is 0 Å². The zero-order valence-corrected chi connectivity index (χ0v) is 13.4. The summed E-state index contributed by atoms with van der Waals surface area (Å²) in [5, 5.41) is 3.58. The summed E-state index contributed by atoms with van der Waals surface area (Å²) in [4.78, 5) is 8.11. The molecule has 0 bridgehead atoms. The molecule has 1 aromatic heterocycles. The van der Waals surface area contributed by atoms with Crippen molar-refractivity contribution in [2.24, 2.45) is 0 Å². The summed E-state index contributed by atoms with van der Waals surface area (Å²) in [6.07, 6.45) is 2.64. The molecule has 3 rings (SSSR count). The van der Waals surface area contributed by atoms with Gasteiger partial charge in [0.2, 0.25) is 0 Å². The number of H-pyrrole nitrogens is 1. The van der Waals surface area contributed by atoms with Crippen molar-refractivity contribution in [3.63, 3.8) is 0 Å². The summed E-state index contributed by atoms with van der Waals surface area (Å²) in [6, 6.07) is 6.89. The largest absolute Gasteiger partial charge is 0.382 e. The van der Waals surface area contributed by atoms with Crippen molar-refractivity contribution in [1.29, 1.82) is 0 Å². The van der Waals surface area contributed by atoms with E-state index in [0.717, 1.165) is 42.0 Å². The lowest BCUT2D eigenvalue weighted by atomic mass is 9.89. The molecule has 0 spiro atoms. The average Bonchev–Trinajstić information content (AvgIpc) is 2.79. The molecule has 0 saturated heterocycles. The Kier molecular flexibility index (Phi) is 3.66. The molecule has 0 unspecified atom stereocenters. The topological polar surface area (TPSA) is 49.9 Å². The smallest absolute Gasteiger partial charge is 0.112 e. The average molecular weight is 287 g/mol. The van der Waals surface area contributed by atoms with Gasteiger partial charge in [-0.1, -0.05) is 20.8 Å². The second kappa shape index (κ2) is 5.34. The van der Waals surface area contributed by atoms with Crippen molar-refractivity contribution in [2.45, 2.75) is 58.1 Å². The summed E-state index contributed by atoms with van der Waals surface area (Å²) in [6.45, 7) is 9.39. The molecular weight excluding hydrogens is 262 g/mol. The minimum Gasteiger partial charge on any atom is -0.382 e. The highest BCUT2D eigenvalue weighted by Crippen LogP contribution is 2.29. The molecule has 4 heteroatoms. The molecular formula is C17H25N3O. The van der Waals surface area contributed by atoms with Crippen molar-refractivity contribution >= 4 is 16.7 Å². The molecule has 0 aliphatic heterocycles. The standard InChI is InChI=1S/C17H25N3O/c1-5-21-13-8-12(9-13)18-11-6-7-14-15(10-11)20-16(19-14)17(2,3)4/h6-7,10,12-13,18H,5,8-9H2,1-4H3,(H,19,20). The summed E-state index contributed by atoms with van der Waals surface area (Å²) < 4.78 is 5.60. The van der Waals surface area contributed by atoms with E-state index < -0.39 is 0 Å². The van der Waals surface area contributed by atoms with E-state index in [-0.39, 0.29) is 5.41 Å². The van der Waals surface area contributed by atoms with E-state index in [0.29, 0.717) is 12.1 Å². The maximum atomic E-state index is 5.60. The number of rotatable bonds is 4. The Labute approximate surface area is 126 Å². The molecule has 0 amide bonds. The molecule has 2 aromatic rings. The Hall–Kier alpha value is -1.55. The van der Waals surface area contributed by atoms with E-state index in [9.17, 15) is 0 Å². The summed E-state index contributed by atoms with van der Waals surface area (Å²) in [5.74, 6) is 1.04. The minimum absolute atomic E-state index is 0.0469. The molecule has 0 atom stereocenters. The van der Waals surface area contributed by atoms with E-state index >= 15 is 0 Å². The summed E-state index contributed by atoms with van der Waals surface area (Å²) in [7, 11) is 0. The lowest BCUT2D eigenvalue weighted by molar-refractivity contribution is 0.00299. The van der Waals surface area contributed by atoms with Crippen LogP contribution < -0.4 is 5.32 Å². The number of nitrogens with zero attached hydrogens (tertiary/aromatic N) is 1. The number of imidazole rings is 1. The van der Waals surface area contributed by atoms with Crippen LogP contribution in [0.4, 0.5) is 5.69 Å². The first-order valence-electron chi connectivity index (χ1n) is 7.84. The Balaban J connectivity index is 1.70. The van der Waals surface area contributed by atoms with Crippen molar-refractivity contribution in [3.8, 4) is 0 Å². The van der Waals surface area contributed by atoms with Gasteiger partial charge in [0.25, 0.3) is 0 Å². The van der Waals surface area contributed by atoms with E-state index in [1.54, 1.807) is 0 Å². The molecule has 1 fully saturated rings. The second-order valence-corrected chi connectivity index (χ2v) is 6.96. The van der Waals surface area contributed by atoms with Gasteiger partial charge in [0, 0.05) is 23.8 Å². The normalized spacial score (nSPS) is 22.3. The van der Waals surface area contributed by atoms with Gasteiger partial charge in [-0.15, -0.1) is 0 Å². The summed E-state index contributed by atoms with van der Waals surface area (Å²) in [5.41, 5.74) is 3.34. The lowest BCUT2D eigenvalue weighted by Gasteiger charge is -2.36. The van der Waals surface area contributed by atoms with Gasteiger partial charge in [-0.25, -0.2) is 4.98 Å². The number of fused-ring (bicyclic) bond motifs is 1. The van der Waals surface area contributed by atoms with Gasteiger partial charge < -0.3 is 15.0 Å². The zero-order chi connectivity index (χ0) is 15.0. The van der Waals surface area contributed by atoms with Crippen molar-refractivity contribution in [3.05, 3.63) is 24.0 Å². The van der Waals surface area contributed by atoms with Gasteiger partial charge in [0.15, 0.2) is 0 Å². The number of aromatic amines is 1. The first-order valence-corrected chi connectivity index (χ1v) is 7.84. The number of benzene rings is 1. The molecule has 4 nitrogen and oxygen atoms in total. The Morgan fingerprint density at radius 2 is 2.10 bits per heavy atom. The van der Waals surface area contributed by atoms with Crippen LogP contribution in [0.5, 0.6) is 0 Å². The highest BCUT2D eigenvalue weighted by atomic mass is 16.5. The quantitative estimate of drug-likeness (QED) is 0.898. The van der Waals surface area contributed by atoms with E-state index in [1.165, 1.54) is 0 Å². The summed E-state index contributed by atoms with van der Waals surface area (Å²) >= 11 is 0. The highest BCUT2D eigenvalue weighted by molar-refractivity contribution is 5.79. The molecule has 21 heavy (non-hydrogen) atoms. The predicted molar refractivity (Wildman–Crippen MR) is 86.9 cm³/mol. The highest BCUT2D eigenvalue weighted by Gasteiger charge is 2.29. The fourth-order valence-corrected chi connectivity index (χ4v) is 2.75. The van der Waals surface area contributed by atoms with Crippen molar-refractivity contribution < 1.29 is 4.74 Å². The Morgan fingerprint density at radius 3 is 2.76 bits per heavy atom. The van der Waals surface area contributed by atoms with E-state index in [1.807, 2.05) is 0 Å². The minimum atomic E-state index is 0.0469. The number of nitrogens with one attached hydrogen (secondary N) is 2. The van der Waals surface area contributed by atoms with Crippen LogP contribution in [0.1, 0.15) is 46.4 Å². The van der Waals surface area contributed by atoms with Crippen LogP contribution in [0.3, 0.4) is 0 Å². The van der Waals surface area contributed by atoms with Crippen LogP contribution in [0.15, 0.2) is 18.2 Å². The van der Waals surface area contributed by atoms with Crippen molar-refractivity contribution in [1.82, 2.24) is 9.97 Å². The van der Waals surface area contributed by atoms with Crippen molar-refractivity contribution in [2.75, 3.05) is 11.9 Å². The van der Waals surface area contributed by atoms with E-state index in [4.69, 9.17) is 4.74 Å². The number of aromatic nitrogens is 2. The fourth-order valence-electron chi connectivity index (χ4n) is 2.75. The maximum absolute atomic E-state index is 5.60. The molecule has 114 valence electrons. The Morgan fingerprint density at radius 1 is 1.33 bits per heavy atom. The van der Waals surface area contributed by atoms with Crippen LogP contribution in [0.2, 0.25) is 0 Å². The van der Waals surface area contributed by atoms with E-state index in [2.05, 4.69) is 61.2 Å². The van der Waals surface area contributed by atoms with Gasteiger partial charge in [0.1, 0.15) is 5.82 Å². The van der Waals surface area contributed by atoms with Crippen LogP contribution >= 0.6 is 0 Å². The van der Waals surface area contributed by atoms with Gasteiger partial charge in [-0.2, -0.15) is 0 Å². The molecule has 2 N–H and O–H groups in total. The van der Waals surface area contributed by atoms with Gasteiger partial charge in [0.05, 0.1) is 17.1 Å². The number of anilines is 1.